The highest BCUT2D eigenvalue weighted by Gasteiger charge is 2.13. The summed E-state index contributed by atoms with van der Waals surface area (Å²) in [6, 6.07) is 16.7. The molecule has 23 heavy (non-hydrogen) atoms. The average Bonchev–Trinajstić information content (AvgIpc) is 3.19. The highest BCUT2D eigenvalue weighted by molar-refractivity contribution is 7.09. The lowest BCUT2D eigenvalue weighted by atomic mass is 10.1. The normalized spacial score (nSPS) is 11.2. The summed E-state index contributed by atoms with van der Waals surface area (Å²) in [6.07, 6.45) is 2.67. The van der Waals surface area contributed by atoms with Crippen molar-refractivity contribution in [1.29, 1.82) is 0 Å². The van der Waals surface area contributed by atoms with E-state index in [0.717, 1.165) is 30.0 Å². The van der Waals surface area contributed by atoms with Crippen molar-refractivity contribution in [3.63, 3.8) is 0 Å². The minimum atomic E-state index is 0.826. The van der Waals surface area contributed by atoms with Crippen molar-refractivity contribution >= 4 is 22.5 Å². The van der Waals surface area contributed by atoms with Crippen molar-refractivity contribution in [2.24, 2.45) is 0 Å². The minimum Gasteiger partial charge on any atom is -0.307 e. The van der Waals surface area contributed by atoms with Crippen molar-refractivity contribution in [2.75, 3.05) is 0 Å². The fraction of sp³-hybridized carbons (Fsp3) is 0.158. The van der Waals surface area contributed by atoms with Crippen LogP contribution >= 0.6 is 11.3 Å². The molecule has 0 aliphatic carbocycles. The number of hydrogen-bond acceptors (Lipinski definition) is 3. The van der Waals surface area contributed by atoms with Crippen LogP contribution in [0.15, 0.2) is 60.1 Å². The molecule has 0 aliphatic rings. The van der Waals surface area contributed by atoms with Crippen LogP contribution in [0.3, 0.4) is 0 Å². The summed E-state index contributed by atoms with van der Waals surface area (Å²) in [5.74, 6) is 1.07. The van der Waals surface area contributed by atoms with Gasteiger partial charge in [-0.1, -0.05) is 30.3 Å². The molecule has 0 radical (unpaired) electrons. The van der Waals surface area contributed by atoms with Crippen LogP contribution < -0.4 is 0 Å². The van der Waals surface area contributed by atoms with E-state index < -0.39 is 0 Å². The van der Waals surface area contributed by atoms with Crippen LogP contribution in [0, 0.1) is 6.92 Å². The predicted octanol–water partition coefficient (Wildman–Crippen LogP) is 4.44. The summed E-state index contributed by atoms with van der Waals surface area (Å²) >= 11 is 1.77. The molecule has 0 amide bonds. The number of rotatable bonds is 4. The summed E-state index contributed by atoms with van der Waals surface area (Å²) < 4.78 is 2.24. The van der Waals surface area contributed by atoms with Gasteiger partial charge in [-0.3, -0.25) is 0 Å². The number of pyridine rings is 1. The number of benzene rings is 1. The molecule has 0 saturated carbocycles. The van der Waals surface area contributed by atoms with E-state index in [9.17, 15) is 0 Å². The van der Waals surface area contributed by atoms with Gasteiger partial charge in [0, 0.05) is 17.5 Å². The first-order valence-corrected chi connectivity index (χ1v) is 8.56. The lowest BCUT2D eigenvalue weighted by molar-refractivity contribution is 0.763. The quantitative estimate of drug-likeness (QED) is 0.557. The molecule has 0 N–H and O–H groups in total. The zero-order valence-corrected chi connectivity index (χ0v) is 13.8. The maximum atomic E-state index is 4.83. The van der Waals surface area contributed by atoms with Crippen molar-refractivity contribution < 1.29 is 0 Å². The number of fused-ring (bicyclic) bond motifs is 1. The first-order valence-electron chi connectivity index (χ1n) is 7.68. The first kappa shape index (κ1) is 14.2. The van der Waals surface area contributed by atoms with E-state index >= 15 is 0 Å². The summed E-state index contributed by atoms with van der Waals surface area (Å²) in [6.45, 7) is 2.98. The molecular weight excluding hydrogens is 302 g/mol. The van der Waals surface area contributed by atoms with Gasteiger partial charge in [0.25, 0.3) is 0 Å². The van der Waals surface area contributed by atoms with Crippen LogP contribution in [-0.2, 0) is 13.0 Å². The standard InChI is InChI=1S/C19H17N3S/c1-14-6-2-3-7-15(14)12-18-21-17-9-4-10-20-19(17)22(18)13-16-8-5-11-23-16/h2-11H,12-13H2,1H3. The number of aromatic nitrogens is 3. The molecule has 0 atom stereocenters. The summed E-state index contributed by atoms with van der Waals surface area (Å²) in [5, 5.41) is 2.11. The van der Waals surface area contributed by atoms with Gasteiger partial charge < -0.3 is 4.57 Å². The monoisotopic (exact) mass is 319 g/mol. The zero-order valence-electron chi connectivity index (χ0n) is 12.9. The minimum absolute atomic E-state index is 0.826. The Kier molecular flexibility index (Phi) is 3.67. The molecule has 0 spiro atoms. The Balaban J connectivity index is 1.80. The van der Waals surface area contributed by atoms with E-state index in [1.807, 2.05) is 18.3 Å². The van der Waals surface area contributed by atoms with Gasteiger partial charge in [-0.25, -0.2) is 9.97 Å². The van der Waals surface area contributed by atoms with E-state index in [2.05, 4.69) is 58.3 Å². The molecule has 4 aromatic rings. The summed E-state index contributed by atoms with van der Waals surface area (Å²) in [4.78, 5) is 10.7. The predicted molar refractivity (Wildman–Crippen MR) is 94.9 cm³/mol. The maximum absolute atomic E-state index is 4.83. The first-order chi connectivity index (χ1) is 11.3. The van der Waals surface area contributed by atoms with Gasteiger partial charge in [0.15, 0.2) is 5.65 Å². The number of imidazole rings is 1. The summed E-state index contributed by atoms with van der Waals surface area (Å²) in [7, 11) is 0. The Morgan fingerprint density at radius 3 is 2.78 bits per heavy atom. The highest BCUT2D eigenvalue weighted by atomic mass is 32.1. The number of thiophene rings is 1. The molecule has 1 aromatic carbocycles. The van der Waals surface area contributed by atoms with Crippen LogP contribution in [0.25, 0.3) is 11.2 Å². The zero-order chi connectivity index (χ0) is 15.6. The fourth-order valence-corrected chi connectivity index (χ4v) is 3.54. The van der Waals surface area contributed by atoms with E-state index in [-0.39, 0.29) is 0 Å². The lowest BCUT2D eigenvalue weighted by Crippen LogP contribution is -2.06. The van der Waals surface area contributed by atoms with Crippen LogP contribution in [0.4, 0.5) is 0 Å². The third kappa shape index (κ3) is 2.78. The van der Waals surface area contributed by atoms with Crippen LogP contribution in [0.2, 0.25) is 0 Å². The van der Waals surface area contributed by atoms with E-state index in [1.54, 1.807) is 11.3 Å². The van der Waals surface area contributed by atoms with E-state index in [4.69, 9.17) is 4.98 Å². The molecule has 114 valence electrons. The van der Waals surface area contributed by atoms with Crippen molar-refractivity contribution in [3.8, 4) is 0 Å². The van der Waals surface area contributed by atoms with Gasteiger partial charge in [0.2, 0.25) is 0 Å². The van der Waals surface area contributed by atoms with Gasteiger partial charge in [-0.15, -0.1) is 11.3 Å². The van der Waals surface area contributed by atoms with Gasteiger partial charge in [-0.2, -0.15) is 0 Å². The van der Waals surface area contributed by atoms with Gasteiger partial charge in [0.1, 0.15) is 11.3 Å². The molecule has 0 unspecified atom stereocenters. The second kappa shape index (κ2) is 5.97. The molecule has 3 heterocycles. The third-order valence-corrected chi connectivity index (χ3v) is 4.95. The molecule has 3 nitrogen and oxygen atoms in total. The molecular formula is C19H17N3S. The molecule has 4 heteroatoms. The smallest absolute Gasteiger partial charge is 0.160 e. The lowest BCUT2D eigenvalue weighted by Gasteiger charge is -2.09. The molecule has 0 bridgehead atoms. The molecule has 0 aliphatic heterocycles. The van der Waals surface area contributed by atoms with Gasteiger partial charge in [-0.05, 0) is 41.6 Å². The fourth-order valence-electron chi connectivity index (χ4n) is 2.84. The second-order valence-electron chi connectivity index (χ2n) is 5.64. The van der Waals surface area contributed by atoms with Crippen LogP contribution in [0.1, 0.15) is 21.8 Å². The number of aryl methyl sites for hydroxylation is 1. The molecule has 0 fully saturated rings. The third-order valence-electron chi connectivity index (χ3n) is 4.09. The van der Waals surface area contributed by atoms with Gasteiger partial charge >= 0.3 is 0 Å². The molecule has 0 saturated heterocycles. The van der Waals surface area contributed by atoms with Crippen LogP contribution in [0.5, 0.6) is 0 Å². The summed E-state index contributed by atoms with van der Waals surface area (Å²) in [5.41, 5.74) is 4.54. The Bertz CT molecular complexity index is 938. The second-order valence-corrected chi connectivity index (χ2v) is 6.68. The average molecular weight is 319 g/mol. The van der Waals surface area contributed by atoms with E-state index in [1.165, 1.54) is 16.0 Å². The number of nitrogens with zero attached hydrogens (tertiary/aromatic N) is 3. The Morgan fingerprint density at radius 2 is 1.96 bits per heavy atom. The number of hydrogen-bond donors (Lipinski definition) is 0. The SMILES string of the molecule is Cc1ccccc1Cc1nc2cccnc2n1Cc1cccs1. The van der Waals surface area contributed by atoms with Crippen molar-refractivity contribution in [1.82, 2.24) is 14.5 Å². The maximum Gasteiger partial charge on any atom is 0.160 e. The van der Waals surface area contributed by atoms with Gasteiger partial charge in [0.05, 0.1) is 6.54 Å². The van der Waals surface area contributed by atoms with Crippen molar-refractivity contribution in [3.05, 3.63) is 81.9 Å². The van der Waals surface area contributed by atoms with E-state index in [0.29, 0.717) is 0 Å². The topological polar surface area (TPSA) is 30.7 Å². The Morgan fingerprint density at radius 1 is 1.04 bits per heavy atom. The Labute approximate surface area is 139 Å². The Hall–Kier alpha value is -2.46. The largest absolute Gasteiger partial charge is 0.307 e. The molecule has 4 rings (SSSR count). The highest BCUT2D eigenvalue weighted by Crippen LogP contribution is 2.21. The van der Waals surface area contributed by atoms with Crippen LogP contribution in [-0.4, -0.2) is 14.5 Å². The van der Waals surface area contributed by atoms with Crippen molar-refractivity contribution in [2.45, 2.75) is 19.9 Å². The molecule has 3 aromatic heterocycles.